The quantitative estimate of drug-likeness (QED) is 0.840. The first-order valence-electron chi connectivity index (χ1n) is 7.09. The van der Waals surface area contributed by atoms with Crippen LogP contribution in [0.1, 0.15) is 5.56 Å². The Balaban J connectivity index is 0.00000161. The van der Waals surface area contributed by atoms with E-state index >= 15 is 0 Å². The van der Waals surface area contributed by atoms with Crippen LogP contribution in [0.3, 0.4) is 0 Å². The molecule has 112 valence electrons. The van der Waals surface area contributed by atoms with Crippen molar-refractivity contribution in [2.45, 2.75) is 6.54 Å². The predicted molar refractivity (Wildman–Crippen MR) is 92.6 cm³/mol. The number of anilines is 1. The number of rotatable bonds is 3. The molecule has 3 rings (SSSR count). The molecule has 0 aromatic heterocycles. The van der Waals surface area contributed by atoms with E-state index in [0.717, 1.165) is 43.4 Å². The Morgan fingerprint density at radius 2 is 1.43 bits per heavy atom. The van der Waals surface area contributed by atoms with Crippen molar-refractivity contribution in [1.29, 1.82) is 0 Å². The monoisotopic (exact) mass is 322 g/mol. The normalized spacial score (nSPS) is 15.6. The van der Waals surface area contributed by atoms with Crippen LogP contribution in [-0.2, 0) is 6.54 Å². The molecule has 1 saturated heterocycles. The average Bonchev–Trinajstić information content (AvgIpc) is 2.50. The first kappa shape index (κ1) is 16.2. The minimum absolute atomic E-state index is 0. The summed E-state index contributed by atoms with van der Waals surface area (Å²) >= 11 is 6.27. The number of halogens is 2. The summed E-state index contributed by atoms with van der Waals surface area (Å²) in [6.07, 6.45) is 0. The lowest BCUT2D eigenvalue weighted by Gasteiger charge is -2.36. The number of piperazine rings is 1. The van der Waals surface area contributed by atoms with Crippen LogP contribution in [0.4, 0.5) is 5.69 Å². The zero-order valence-electron chi connectivity index (χ0n) is 11.9. The molecule has 1 fully saturated rings. The topological polar surface area (TPSA) is 6.48 Å². The number of hydrogen-bond donors (Lipinski definition) is 0. The highest BCUT2D eigenvalue weighted by Crippen LogP contribution is 2.26. The molecule has 1 aliphatic heterocycles. The van der Waals surface area contributed by atoms with Crippen molar-refractivity contribution < 1.29 is 0 Å². The fraction of sp³-hybridized carbons (Fsp3) is 0.294. The summed E-state index contributed by atoms with van der Waals surface area (Å²) in [6.45, 7) is 5.28. The van der Waals surface area contributed by atoms with Gasteiger partial charge in [0.2, 0.25) is 0 Å². The SMILES string of the molecule is Cl.Clc1ccccc1N1CCN(Cc2ccccc2)CC1. The lowest BCUT2D eigenvalue weighted by Crippen LogP contribution is -2.46. The van der Waals surface area contributed by atoms with E-state index in [0.29, 0.717) is 0 Å². The van der Waals surface area contributed by atoms with Crippen molar-refractivity contribution in [2.24, 2.45) is 0 Å². The van der Waals surface area contributed by atoms with Crippen LogP contribution in [0.2, 0.25) is 5.02 Å². The molecule has 2 aromatic carbocycles. The van der Waals surface area contributed by atoms with Crippen molar-refractivity contribution >= 4 is 29.7 Å². The smallest absolute Gasteiger partial charge is 0.0639 e. The van der Waals surface area contributed by atoms with Crippen molar-refractivity contribution in [1.82, 2.24) is 4.90 Å². The second-order valence-corrected chi connectivity index (χ2v) is 5.61. The Bertz CT molecular complexity index is 552. The molecular weight excluding hydrogens is 303 g/mol. The Morgan fingerprint density at radius 3 is 2.10 bits per heavy atom. The molecule has 1 heterocycles. The molecule has 0 amide bonds. The van der Waals surface area contributed by atoms with Gasteiger partial charge in [-0.15, -0.1) is 12.4 Å². The van der Waals surface area contributed by atoms with Gasteiger partial charge in [-0.3, -0.25) is 4.90 Å². The molecule has 0 saturated carbocycles. The van der Waals surface area contributed by atoms with Crippen LogP contribution in [0, 0.1) is 0 Å². The van der Waals surface area contributed by atoms with Gasteiger partial charge in [0.15, 0.2) is 0 Å². The molecule has 21 heavy (non-hydrogen) atoms. The average molecular weight is 323 g/mol. The van der Waals surface area contributed by atoms with Gasteiger partial charge in [-0.05, 0) is 17.7 Å². The van der Waals surface area contributed by atoms with Gasteiger partial charge in [-0.2, -0.15) is 0 Å². The van der Waals surface area contributed by atoms with Crippen LogP contribution in [0.5, 0.6) is 0 Å². The minimum atomic E-state index is 0. The van der Waals surface area contributed by atoms with Crippen molar-refractivity contribution in [3.63, 3.8) is 0 Å². The van der Waals surface area contributed by atoms with Crippen molar-refractivity contribution in [3.8, 4) is 0 Å². The molecule has 1 aliphatic rings. The summed E-state index contributed by atoms with van der Waals surface area (Å²) in [6, 6.07) is 18.8. The molecule has 0 bridgehead atoms. The highest BCUT2D eigenvalue weighted by atomic mass is 35.5. The van der Waals surface area contributed by atoms with Gasteiger partial charge >= 0.3 is 0 Å². The van der Waals surface area contributed by atoms with Crippen LogP contribution in [-0.4, -0.2) is 31.1 Å². The van der Waals surface area contributed by atoms with Gasteiger partial charge in [-0.25, -0.2) is 0 Å². The second-order valence-electron chi connectivity index (χ2n) is 5.20. The summed E-state index contributed by atoms with van der Waals surface area (Å²) in [5.41, 5.74) is 2.55. The molecule has 0 atom stereocenters. The zero-order valence-corrected chi connectivity index (χ0v) is 13.5. The standard InChI is InChI=1S/C17H19ClN2.ClH/c18-16-8-4-5-9-17(16)20-12-10-19(11-13-20)14-15-6-2-1-3-7-15;/h1-9H,10-14H2;1H. The lowest BCUT2D eigenvalue weighted by molar-refractivity contribution is 0.250. The minimum Gasteiger partial charge on any atom is -0.368 e. The molecular formula is C17H20Cl2N2. The van der Waals surface area contributed by atoms with Gasteiger partial charge < -0.3 is 4.90 Å². The maximum absolute atomic E-state index is 6.27. The van der Waals surface area contributed by atoms with Crippen molar-refractivity contribution in [2.75, 3.05) is 31.1 Å². The second kappa shape index (κ2) is 7.69. The van der Waals surface area contributed by atoms with E-state index in [1.807, 2.05) is 12.1 Å². The fourth-order valence-electron chi connectivity index (χ4n) is 2.70. The highest BCUT2D eigenvalue weighted by Gasteiger charge is 2.18. The Morgan fingerprint density at radius 1 is 0.810 bits per heavy atom. The summed E-state index contributed by atoms with van der Waals surface area (Å²) in [5.74, 6) is 0. The number of benzene rings is 2. The van der Waals surface area contributed by atoms with E-state index in [1.54, 1.807) is 0 Å². The molecule has 2 nitrogen and oxygen atoms in total. The first-order chi connectivity index (χ1) is 9.83. The van der Waals surface area contributed by atoms with Crippen LogP contribution in [0.15, 0.2) is 54.6 Å². The van der Waals surface area contributed by atoms with Crippen LogP contribution in [0.25, 0.3) is 0 Å². The van der Waals surface area contributed by atoms with E-state index in [9.17, 15) is 0 Å². The lowest BCUT2D eigenvalue weighted by atomic mass is 10.2. The molecule has 0 unspecified atom stereocenters. The van der Waals surface area contributed by atoms with Crippen LogP contribution >= 0.6 is 24.0 Å². The molecule has 0 N–H and O–H groups in total. The summed E-state index contributed by atoms with van der Waals surface area (Å²) in [4.78, 5) is 4.88. The largest absolute Gasteiger partial charge is 0.368 e. The number of hydrogen-bond acceptors (Lipinski definition) is 2. The number of para-hydroxylation sites is 1. The van der Waals surface area contributed by atoms with E-state index in [2.05, 4.69) is 52.3 Å². The third-order valence-corrected chi connectivity index (χ3v) is 4.13. The molecule has 0 aliphatic carbocycles. The van der Waals surface area contributed by atoms with Gasteiger partial charge in [0.25, 0.3) is 0 Å². The summed E-state index contributed by atoms with van der Waals surface area (Å²) < 4.78 is 0. The highest BCUT2D eigenvalue weighted by molar-refractivity contribution is 6.33. The van der Waals surface area contributed by atoms with E-state index in [-0.39, 0.29) is 12.4 Å². The summed E-state index contributed by atoms with van der Waals surface area (Å²) in [7, 11) is 0. The summed E-state index contributed by atoms with van der Waals surface area (Å²) in [5, 5.41) is 0.851. The van der Waals surface area contributed by atoms with E-state index < -0.39 is 0 Å². The number of nitrogens with zero attached hydrogens (tertiary/aromatic N) is 2. The van der Waals surface area contributed by atoms with Crippen LogP contribution < -0.4 is 4.90 Å². The fourth-order valence-corrected chi connectivity index (χ4v) is 2.95. The zero-order chi connectivity index (χ0) is 13.8. The van der Waals surface area contributed by atoms with Gasteiger partial charge in [0.05, 0.1) is 10.7 Å². The predicted octanol–water partition coefficient (Wildman–Crippen LogP) is 4.08. The maximum atomic E-state index is 6.27. The molecule has 0 spiro atoms. The van der Waals surface area contributed by atoms with Gasteiger partial charge in [0, 0.05) is 32.7 Å². The Labute approximate surface area is 137 Å². The molecule has 2 aromatic rings. The van der Waals surface area contributed by atoms with E-state index in [1.165, 1.54) is 5.56 Å². The molecule has 4 heteroatoms. The van der Waals surface area contributed by atoms with Gasteiger partial charge in [-0.1, -0.05) is 54.1 Å². The van der Waals surface area contributed by atoms with Crippen molar-refractivity contribution in [3.05, 3.63) is 65.2 Å². The third kappa shape index (κ3) is 4.13. The van der Waals surface area contributed by atoms with Gasteiger partial charge in [0.1, 0.15) is 0 Å². The molecule has 0 radical (unpaired) electrons. The maximum Gasteiger partial charge on any atom is 0.0639 e. The third-order valence-electron chi connectivity index (χ3n) is 3.81. The Kier molecular flexibility index (Phi) is 5.92. The Hall–Kier alpha value is -1.22. The first-order valence-corrected chi connectivity index (χ1v) is 7.46. The van der Waals surface area contributed by atoms with E-state index in [4.69, 9.17) is 11.6 Å².